The Morgan fingerprint density at radius 2 is 1.89 bits per heavy atom. The predicted octanol–water partition coefficient (Wildman–Crippen LogP) is 3.87. The lowest BCUT2D eigenvalue weighted by molar-refractivity contribution is -0.0790. The maximum Gasteiger partial charge on any atom is 0.0799 e. The van der Waals surface area contributed by atoms with Gasteiger partial charge in [-0.15, -0.1) is 0 Å². The summed E-state index contributed by atoms with van der Waals surface area (Å²) in [5.41, 5.74) is 0. The van der Waals surface area contributed by atoms with Crippen molar-refractivity contribution in [2.75, 3.05) is 6.61 Å². The van der Waals surface area contributed by atoms with Gasteiger partial charge in [0.15, 0.2) is 0 Å². The van der Waals surface area contributed by atoms with Crippen molar-refractivity contribution in [2.24, 2.45) is 23.7 Å². The van der Waals surface area contributed by atoms with Crippen molar-refractivity contribution in [3.63, 3.8) is 0 Å². The van der Waals surface area contributed by atoms with Gasteiger partial charge in [-0.25, -0.2) is 0 Å². The van der Waals surface area contributed by atoms with Crippen molar-refractivity contribution in [3.05, 3.63) is 0 Å². The Kier molecular flexibility index (Phi) is 6.65. The summed E-state index contributed by atoms with van der Waals surface area (Å²) in [6.07, 6.45) is 4.84. The molecule has 0 amide bonds. The summed E-state index contributed by atoms with van der Waals surface area (Å²) < 4.78 is 6.06. The molecule has 5 atom stereocenters. The van der Waals surface area contributed by atoms with E-state index >= 15 is 0 Å². The van der Waals surface area contributed by atoms with Gasteiger partial charge in [-0.05, 0) is 36.5 Å². The van der Waals surface area contributed by atoms with Gasteiger partial charge >= 0.3 is 0 Å². The van der Waals surface area contributed by atoms with E-state index < -0.39 is 0 Å². The zero-order chi connectivity index (χ0) is 13.7. The normalized spacial score (nSPS) is 32.5. The zero-order valence-corrected chi connectivity index (χ0v) is 12.9. The third kappa shape index (κ3) is 4.55. The van der Waals surface area contributed by atoms with E-state index in [0.29, 0.717) is 30.5 Å². The molecule has 2 heteroatoms. The van der Waals surface area contributed by atoms with Crippen LogP contribution in [0.1, 0.15) is 60.3 Å². The van der Waals surface area contributed by atoms with Gasteiger partial charge in [0, 0.05) is 0 Å². The van der Waals surface area contributed by atoms with Crippen LogP contribution in [-0.4, -0.2) is 23.9 Å². The van der Waals surface area contributed by atoms with E-state index in [0.717, 1.165) is 18.8 Å². The first-order valence-electron chi connectivity index (χ1n) is 7.75. The topological polar surface area (TPSA) is 29.5 Å². The molecule has 2 nitrogen and oxygen atoms in total. The van der Waals surface area contributed by atoms with Gasteiger partial charge in [0.25, 0.3) is 0 Å². The van der Waals surface area contributed by atoms with E-state index in [4.69, 9.17) is 4.74 Å². The molecule has 0 bridgehead atoms. The highest BCUT2D eigenvalue weighted by atomic mass is 16.5. The van der Waals surface area contributed by atoms with Crippen LogP contribution in [0.2, 0.25) is 0 Å². The highest BCUT2D eigenvalue weighted by molar-refractivity contribution is 4.81. The molecule has 0 heterocycles. The average Bonchev–Trinajstić information content (AvgIpc) is 2.34. The van der Waals surface area contributed by atoms with E-state index in [2.05, 4.69) is 34.6 Å². The van der Waals surface area contributed by atoms with Gasteiger partial charge in [-0.3, -0.25) is 0 Å². The number of aliphatic hydroxyl groups is 1. The number of hydrogen-bond donors (Lipinski definition) is 1. The first kappa shape index (κ1) is 16.0. The number of rotatable bonds is 6. The summed E-state index contributed by atoms with van der Waals surface area (Å²) in [5, 5.41) is 10.0. The van der Waals surface area contributed by atoms with Crippen LogP contribution in [0, 0.1) is 23.7 Å². The first-order chi connectivity index (χ1) is 8.45. The Morgan fingerprint density at radius 1 is 1.22 bits per heavy atom. The molecule has 1 fully saturated rings. The molecule has 1 rings (SSSR count). The van der Waals surface area contributed by atoms with Gasteiger partial charge in [0.1, 0.15) is 0 Å². The molecule has 18 heavy (non-hydrogen) atoms. The Balaban J connectivity index is 2.46. The largest absolute Gasteiger partial charge is 0.390 e. The predicted molar refractivity (Wildman–Crippen MR) is 76.5 cm³/mol. The second-order valence-corrected chi connectivity index (χ2v) is 6.65. The third-order valence-electron chi connectivity index (χ3n) is 4.74. The van der Waals surface area contributed by atoms with E-state index in [1.165, 1.54) is 12.8 Å². The molecule has 108 valence electrons. The summed E-state index contributed by atoms with van der Waals surface area (Å²) in [6.45, 7) is 11.6. The quantitative estimate of drug-likeness (QED) is 0.781. The minimum absolute atomic E-state index is 0.306. The van der Waals surface area contributed by atoms with Gasteiger partial charge in [0.2, 0.25) is 0 Å². The second-order valence-electron chi connectivity index (χ2n) is 6.65. The summed E-state index contributed by atoms with van der Waals surface area (Å²) in [4.78, 5) is 0. The fourth-order valence-electron chi connectivity index (χ4n) is 2.96. The lowest BCUT2D eigenvalue weighted by atomic mass is 9.75. The second kappa shape index (κ2) is 7.49. The van der Waals surface area contributed by atoms with Crippen molar-refractivity contribution in [1.82, 2.24) is 0 Å². The maximum atomic E-state index is 10.0. The fourth-order valence-corrected chi connectivity index (χ4v) is 2.96. The van der Waals surface area contributed by atoms with Crippen LogP contribution in [0.25, 0.3) is 0 Å². The molecule has 1 aliphatic rings. The number of ether oxygens (including phenoxy) is 1. The first-order valence-corrected chi connectivity index (χ1v) is 7.75. The van der Waals surface area contributed by atoms with Gasteiger partial charge < -0.3 is 9.84 Å². The minimum Gasteiger partial charge on any atom is -0.390 e. The molecule has 0 spiro atoms. The molecular weight excluding hydrogens is 224 g/mol. The van der Waals surface area contributed by atoms with E-state index in [1.807, 2.05) is 0 Å². The summed E-state index contributed by atoms with van der Waals surface area (Å²) in [7, 11) is 0. The van der Waals surface area contributed by atoms with Gasteiger partial charge in [0.05, 0.1) is 18.8 Å². The average molecular weight is 256 g/mol. The van der Waals surface area contributed by atoms with Crippen molar-refractivity contribution in [2.45, 2.75) is 72.5 Å². The van der Waals surface area contributed by atoms with Crippen LogP contribution in [0.3, 0.4) is 0 Å². The van der Waals surface area contributed by atoms with Crippen LogP contribution >= 0.6 is 0 Å². The summed E-state index contributed by atoms with van der Waals surface area (Å²) in [5.74, 6) is 2.46. The van der Waals surface area contributed by atoms with Crippen molar-refractivity contribution in [3.8, 4) is 0 Å². The minimum atomic E-state index is -0.306. The molecule has 0 aromatic carbocycles. The highest BCUT2D eigenvalue weighted by Crippen LogP contribution is 2.35. The van der Waals surface area contributed by atoms with Crippen LogP contribution in [-0.2, 0) is 4.74 Å². The lowest BCUT2D eigenvalue weighted by Gasteiger charge is -2.37. The van der Waals surface area contributed by atoms with E-state index in [-0.39, 0.29) is 6.10 Å². The maximum absolute atomic E-state index is 10.0. The van der Waals surface area contributed by atoms with Crippen LogP contribution in [0.15, 0.2) is 0 Å². The molecule has 0 radical (unpaired) electrons. The Bertz CT molecular complexity index is 227. The Hall–Kier alpha value is -0.0800. The van der Waals surface area contributed by atoms with Crippen molar-refractivity contribution in [1.29, 1.82) is 0 Å². The van der Waals surface area contributed by atoms with Crippen molar-refractivity contribution >= 4 is 0 Å². The molecule has 0 aromatic rings. The SMILES string of the molecule is CCC(C)C(O)COC1CC(C)CCC1C(C)C. The Morgan fingerprint density at radius 3 is 2.44 bits per heavy atom. The molecule has 1 aliphatic carbocycles. The standard InChI is InChI=1S/C16H32O2/c1-6-13(5)15(17)10-18-16-9-12(4)7-8-14(16)11(2)3/h11-17H,6-10H2,1-5H3. The number of aliphatic hydroxyl groups excluding tert-OH is 1. The Labute approximate surface area is 113 Å². The summed E-state index contributed by atoms with van der Waals surface area (Å²) in [6, 6.07) is 0. The molecule has 5 unspecified atom stereocenters. The lowest BCUT2D eigenvalue weighted by Crippen LogP contribution is -2.37. The van der Waals surface area contributed by atoms with Crippen LogP contribution < -0.4 is 0 Å². The molecular formula is C16H32O2. The van der Waals surface area contributed by atoms with Crippen LogP contribution in [0.5, 0.6) is 0 Å². The van der Waals surface area contributed by atoms with E-state index in [9.17, 15) is 5.11 Å². The smallest absolute Gasteiger partial charge is 0.0799 e. The van der Waals surface area contributed by atoms with Gasteiger partial charge in [-0.2, -0.15) is 0 Å². The van der Waals surface area contributed by atoms with E-state index in [1.54, 1.807) is 0 Å². The molecule has 1 saturated carbocycles. The fraction of sp³-hybridized carbons (Fsp3) is 1.00. The molecule has 1 N–H and O–H groups in total. The monoisotopic (exact) mass is 256 g/mol. The highest BCUT2D eigenvalue weighted by Gasteiger charge is 2.31. The molecule has 0 aromatic heterocycles. The molecule has 0 aliphatic heterocycles. The van der Waals surface area contributed by atoms with Gasteiger partial charge in [-0.1, -0.05) is 47.5 Å². The zero-order valence-electron chi connectivity index (χ0n) is 12.9. The van der Waals surface area contributed by atoms with Crippen molar-refractivity contribution < 1.29 is 9.84 Å². The third-order valence-corrected chi connectivity index (χ3v) is 4.74. The summed E-state index contributed by atoms with van der Waals surface area (Å²) >= 11 is 0. The van der Waals surface area contributed by atoms with Crippen LogP contribution in [0.4, 0.5) is 0 Å². The molecule has 0 saturated heterocycles. The number of hydrogen-bond acceptors (Lipinski definition) is 2.